The van der Waals surface area contributed by atoms with Gasteiger partial charge in [-0.3, -0.25) is 0 Å². The van der Waals surface area contributed by atoms with Crippen molar-refractivity contribution < 1.29 is 19.1 Å². The van der Waals surface area contributed by atoms with Crippen LogP contribution in [0.15, 0.2) is 52.7 Å². The third-order valence-electron chi connectivity index (χ3n) is 5.72. The van der Waals surface area contributed by atoms with Gasteiger partial charge in [0, 0.05) is 62.9 Å². The van der Waals surface area contributed by atoms with Crippen LogP contribution >= 0.6 is 0 Å². The first-order valence-corrected chi connectivity index (χ1v) is 10.5. The lowest BCUT2D eigenvalue weighted by molar-refractivity contribution is 0.146. The minimum atomic E-state index is -0.630. The molecule has 1 fully saturated rings. The Bertz CT molecular complexity index is 989. The van der Waals surface area contributed by atoms with E-state index in [0.717, 1.165) is 35.7 Å². The number of hydrogen-bond acceptors (Lipinski definition) is 6. The fraction of sp³-hybridized carbons (Fsp3) is 0.391. The van der Waals surface area contributed by atoms with Crippen LogP contribution in [-0.2, 0) is 6.54 Å². The number of aliphatic hydroxyl groups is 1. The zero-order valence-electron chi connectivity index (χ0n) is 17.9. The Morgan fingerprint density at radius 1 is 1.26 bits per heavy atom. The van der Waals surface area contributed by atoms with Crippen LogP contribution in [0.4, 0.5) is 4.79 Å². The molecule has 1 aliphatic carbocycles. The van der Waals surface area contributed by atoms with Gasteiger partial charge in [0.2, 0.25) is 0 Å². The van der Waals surface area contributed by atoms with E-state index in [4.69, 9.17) is 9.15 Å². The van der Waals surface area contributed by atoms with Gasteiger partial charge in [0.05, 0.1) is 19.4 Å². The number of para-hydroxylation sites is 1. The number of aromatic nitrogens is 1. The molecule has 0 bridgehead atoms. The molecule has 8 heteroatoms. The van der Waals surface area contributed by atoms with E-state index in [1.165, 1.54) is 0 Å². The van der Waals surface area contributed by atoms with Crippen molar-refractivity contribution in [2.75, 3.05) is 33.3 Å². The van der Waals surface area contributed by atoms with Gasteiger partial charge >= 0.3 is 6.03 Å². The van der Waals surface area contributed by atoms with Crippen LogP contribution in [0, 0.1) is 6.92 Å². The van der Waals surface area contributed by atoms with Gasteiger partial charge in [-0.25, -0.2) is 9.78 Å². The maximum atomic E-state index is 12.6. The van der Waals surface area contributed by atoms with E-state index in [1.807, 2.05) is 41.3 Å². The molecule has 8 nitrogen and oxygen atoms in total. The van der Waals surface area contributed by atoms with Crippen LogP contribution in [0.3, 0.4) is 0 Å². The summed E-state index contributed by atoms with van der Waals surface area (Å²) in [6.45, 7) is 4.92. The molecule has 2 aromatic rings. The number of urea groups is 1. The van der Waals surface area contributed by atoms with Crippen molar-refractivity contribution in [2.45, 2.75) is 26.0 Å². The van der Waals surface area contributed by atoms with Crippen molar-refractivity contribution >= 4 is 11.6 Å². The third-order valence-corrected chi connectivity index (χ3v) is 5.72. The molecule has 1 atom stereocenters. The summed E-state index contributed by atoms with van der Waals surface area (Å²) < 4.78 is 10.9. The van der Waals surface area contributed by atoms with E-state index in [0.29, 0.717) is 37.7 Å². The highest BCUT2D eigenvalue weighted by molar-refractivity contribution is 5.74. The highest BCUT2D eigenvalue weighted by atomic mass is 16.5. The highest BCUT2D eigenvalue weighted by Crippen LogP contribution is 2.29. The summed E-state index contributed by atoms with van der Waals surface area (Å²) in [5.74, 6) is 1.96. The number of benzene rings is 1. The second-order valence-electron chi connectivity index (χ2n) is 7.69. The minimum Gasteiger partial charge on any atom is -0.496 e. The van der Waals surface area contributed by atoms with Crippen molar-refractivity contribution in [1.82, 2.24) is 20.1 Å². The first-order valence-electron chi connectivity index (χ1n) is 10.5. The molecule has 2 aliphatic rings. The number of nitrogens with one attached hydrogen (secondary N) is 1. The zero-order chi connectivity index (χ0) is 21.8. The molecule has 2 N–H and O–H groups in total. The molecule has 2 amide bonds. The summed E-state index contributed by atoms with van der Waals surface area (Å²) in [7, 11) is 1.63. The van der Waals surface area contributed by atoms with E-state index in [2.05, 4.69) is 15.2 Å². The maximum absolute atomic E-state index is 12.6. The van der Waals surface area contributed by atoms with Crippen LogP contribution in [0.5, 0.6) is 5.75 Å². The molecule has 4 rings (SSSR count). The quantitative estimate of drug-likeness (QED) is 0.767. The number of rotatable bonds is 5. The first-order chi connectivity index (χ1) is 15.0. The molecule has 1 aliphatic heterocycles. The van der Waals surface area contributed by atoms with Crippen molar-refractivity contribution in [2.24, 2.45) is 0 Å². The normalized spacial score (nSPS) is 19.0. The number of aliphatic hydroxyl groups excluding tert-OH is 1. The molecule has 0 radical (unpaired) electrons. The Kier molecular flexibility index (Phi) is 6.27. The van der Waals surface area contributed by atoms with Crippen LogP contribution in [-0.4, -0.2) is 65.3 Å². The Balaban J connectivity index is 1.31. The molecule has 1 aromatic heterocycles. The molecular weight excluding hydrogens is 396 g/mol. The van der Waals surface area contributed by atoms with Gasteiger partial charge in [-0.05, 0) is 12.1 Å². The van der Waals surface area contributed by atoms with E-state index in [9.17, 15) is 9.90 Å². The number of ether oxygens (including phenoxy) is 1. The number of methoxy groups -OCH3 is 1. The fourth-order valence-electron chi connectivity index (χ4n) is 3.98. The zero-order valence-corrected chi connectivity index (χ0v) is 17.9. The molecule has 1 saturated heterocycles. The molecule has 1 unspecified atom stereocenters. The molecule has 0 saturated carbocycles. The average Bonchev–Trinajstić information content (AvgIpc) is 3.23. The Morgan fingerprint density at radius 3 is 2.71 bits per heavy atom. The van der Waals surface area contributed by atoms with E-state index < -0.39 is 6.10 Å². The number of piperazine rings is 1. The summed E-state index contributed by atoms with van der Waals surface area (Å²) in [6, 6.07) is 7.59. The number of nitrogens with zero attached hydrogens (tertiary/aromatic N) is 3. The third kappa shape index (κ3) is 4.74. The van der Waals surface area contributed by atoms with E-state index >= 15 is 0 Å². The van der Waals surface area contributed by atoms with Crippen LogP contribution in [0.2, 0.25) is 0 Å². The summed E-state index contributed by atoms with van der Waals surface area (Å²) in [4.78, 5) is 20.7. The maximum Gasteiger partial charge on any atom is 0.317 e. The van der Waals surface area contributed by atoms with Crippen molar-refractivity contribution in [3.63, 3.8) is 0 Å². The highest BCUT2D eigenvalue weighted by Gasteiger charge is 2.27. The Labute approximate surface area is 181 Å². The standard InChI is InChI=1S/C23H28N4O4/c1-16-24-15-22(31-16)19-8-7-18(13-20(19)28)26-9-11-27(12-10-26)23(29)25-14-17-5-3-4-6-21(17)30-2/h3-8,15,20,28H,9-14H2,1-2H3,(H,25,29). The van der Waals surface area contributed by atoms with Gasteiger partial charge in [-0.15, -0.1) is 0 Å². The van der Waals surface area contributed by atoms with Crippen LogP contribution in [0.1, 0.15) is 23.6 Å². The fourth-order valence-corrected chi connectivity index (χ4v) is 3.98. The minimum absolute atomic E-state index is 0.0777. The predicted octanol–water partition coefficient (Wildman–Crippen LogP) is 2.55. The number of oxazole rings is 1. The number of carbonyl (C=O) groups excluding carboxylic acids is 1. The summed E-state index contributed by atoms with van der Waals surface area (Å²) >= 11 is 0. The number of carbonyl (C=O) groups is 1. The molecular formula is C23H28N4O4. The van der Waals surface area contributed by atoms with Crippen LogP contribution < -0.4 is 10.1 Å². The van der Waals surface area contributed by atoms with Gasteiger partial charge in [0.15, 0.2) is 11.7 Å². The second kappa shape index (κ2) is 9.26. The van der Waals surface area contributed by atoms with E-state index in [1.54, 1.807) is 20.2 Å². The van der Waals surface area contributed by atoms with Gasteiger partial charge < -0.3 is 29.4 Å². The Hall–Kier alpha value is -3.26. The SMILES string of the molecule is COc1ccccc1CNC(=O)N1CCN(C2=CC=C(c3cnc(C)o3)C(O)C2)CC1. The largest absolute Gasteiger partial charge is 0.496 e. The Morgan fingerprint density at radius 2 is 2.03 bits per heavy atom. The number of aryl methyl sites for hydroxylation is 1. The van der Waals surface area contributed by atoms with Crippen molar-refractivity contribution in [1.29, 1.82) is 0 Å². The molecule has 2 heterocycles. The van der Waals surface area contributed by atoms with Crippen LogP contribution in [0.25, 0.3) is 5.57 Å². The monoisotopic (exact) mass is 424 g/mol. The lowest BCUT2D eigenvalue weighted by atomic mass is 9.96. The van der Waals surface area contributed by atoms with Gasteiger partial charge in [-0.1, -0.05) is 24.3 Å². The van der Waals surface area contributed by atoms with Crippen molar-refractivity contribution in [3.8, 4) is 5.75 Å². The number of amides is 2. The molecule has 164 valence electrons. The first kappa shape index (κ1) is 21.0. The number of hydrogen-bond donors (Lipinski definition) is 2. The van der Waals surface area contributed by atoms with E-state index in [-0.39, 0.29) is 6.03 Å². The van der Waals surface area contributed by atoms with Gasteiger partial charge in [0.25, 0.3) is 0 Å². The topological polar surface area (TPSA) is 91.1 Å². The lowest BCUT2D eigenvalue weighted by Gasteiger charge is -2.38. The predicted molar refractivity (Wildman–Crippen MR) is 116 cm³/mol. The summed E-state index contributed by atoms with van der Waals surface area (Å²) in [6.07, 6.45) is 5.46. The van der Waals surface area contributed by atoms with Gasteiger partial charge in [-0.2, -0.15) is 0 Å². The number of allylic oxidation sites excluding steroid dienone is 2. The second-order valence-corrected chi connectivity index (χ2v) is 7.69. The van der Waals surface area contributed by atoms with Gasteiger partial charge in [0.1, 0.15) is 5.75 Å². The summed E-state index contributed by atoms with van der Waals surface area (Å²) in [5, 5.41) is 13.6. The average molecular weight is 425 g/mol. The smallest absolute Gasteiger partial charge is 0.317 e. The molecule has 1 aromatic carbocycles. The molecule has 0 spiro atoms. The molecule has 31 heavy (non-hydrogen) atoms. The lowest BCUT2D eigenvalue weighted by Crippen LogP contribution is -2.51. The summed E-state index contributed by atoms with van der Waals surface area (Å²) in [5.41, 5.74) is 2.77. The van der Waals surface area contributed by atoms with Crippen molar-refractivity contribution in [3.05, 3.63) is 65.5 Å².